The van der Waals surface area contributed by atoms with Crippen LogP contribution in [0.1, 0.15) is 113 Å². The zero-order chi connectivity index (χ0) is 22.6. The molecule has 4 aliphatic carbocycles. The van der Waals surface area contributed by atoms with E-state index < -0.39 is 0 Å². The van der Waals surface area contributed by atoms with Gasteiger partial charge in [0.1, 0.15) is 0 Å². The van der Waals surface area contributed by atoms with Gasteiger partial charge in [0, 0.05) is 5.41 Å². The third-order valence-electron chi connectivity index (χ3n) is 11.1. The second-order valence-electron chi connectivity index (χ2n) is 13.3. The van der Waals surface area contributed by atoms with E-state index in [1.165, 1.54) is 63.4 Å². The summed E-state index contributed by atoms with van der Waals surface area (Å²) in [6.07, 6.45) is 18.1. The molecule has 0 amide bonds. The fourth-order valence-electron chi connectivity index (χ4n) is 9.40. The van der Waals surface area contributed by atoms with Crippen LogP contribution in [-0.2, 0) is 0 Å². The van der Waals surface area contributed by atoms with Gasteiger partial charge in [0.05, 0.1) is 6.10 Å². The van der Waals surface area contributed by atoms with Crippen LogP contribution in [0.2, 0.25) is 0 Å². The number of allylic oxidation sites excluding steroid dienone is 3. The summed E-state index contributed by atoms with van der Waals surface area (Å²) in [7, 11) is 0. The van der Waals surface area contributed by atoms with E-state index in [1.807, 2.05) is 0 Å². The SMILES string of the molecule is CC(C)=CCCCC(C)C1CCC2C3CC=C4C(C)(C)C(O)CCC4(C)C3CCC12C. The summed E-state index contributed by atoms with van der Waals surface area (Å²) in [4.78, 5) is 0. The molecule has 0 aromatic rings. The monoisotopic (exact) mass is 426 g/mol. The first-order chi connectivity index (χ1) is 14.5. The number of aliphatic hydroxyl groups excluding tert-OH is 1. The number of aliphatic hydroxyl groups is 1. The van der Waals surface area contributed by atoms with Gasteiger partial charge in [-0.2, -0.15) is 0 Å². The highest BCUT2D eigenvalue weighted by Crippen LogP contribution is 2.68. The normalized spacial score (nSPS) is 44.5. The number of hydrogen-bond donors (Lipinski definition) is 1. The Morgan fingerprint density at radius 2 is 1.81 bits per heavy atom. The highest BCUT2D eigenvalue weighted by molar-refractivity contribution is 5.31. The maximum Gasteiger partial charge on any atom is 0.0628 e. The molecule has 0 heterocycles. The Morgan fingerprint density at radius 3 is 2.52 bits per heavy atom. The Balaban J connectivity index is 1.51. The lowest BCUT2D eigenvalue weighted by atomic mass is 9.44. The largest absolute Gasteiger partial charge is 0.392 e. The van der Waals surface area contributed by atoms with Crippen molar-refractivity contribution >= 4 is 0 Å². The third kappa shape index (κ3) is 3.79. The van der Waals surface area contributed by atoms with Gasteiger partial charge in [0.25, 0.3) is 0 Å². The summed E-state index contributed by atoms with van der Waals surface area (Å²) in [6.45, 7) is 16.9. The van der Waals surface area contributed by atoms with Crippen LogP contribution in [0.5, 0.6) is 0 Å². The van der Waals surface area contributed by atoms with Gasteiger partial charge in [0.15, 0.2) is 0 Å². The van der Waals surface area contributed by atoms with Crippen LogP contribution in [0, 0.1) is 45.8 Å². The van der Waals surface area contributed by atoms with Crippen LogP contribution in [0.4, 0.5) is 0 Å². The molecule has 1 nitrogen and oxygen atoms in total. The molecule has 4 rings (SSSR count). The lowest BCUT2D eigenvalue weighted by Gasteiger charge is -2.61. The maximum absolute atomic E-state index is 10.7. The summed E-state index contributed by atoms with van der Waals surface area (Å²) in [5, 5.41) is 10.7. The Bertz CT molecular complexity index is 725. The molecule has 8 atom stereocenters. The van der Waals surface area contributed by atoms with Crippen LogP contribution in [0.25, 0.3) is 0 Å². The third-order valence-corrected chi connectivity index (χ3v) is 11.1. The van der Waals surface area contributed by atoms with Gasteiger partial charge in [-0.3, -0.25) is 0 Å². The minimum atomic E-state index is -0.166. The smallest absolute Gasteiger partial charge is 0.0628 e. The van der Waals surface area contributed by atoms with Crippen LogP contribution < -0.4 is 0 Å². The molecular formula is C30H50O. The predicted octanol–water partition coefficient (Wildman–Crippen LogP) is 8.34. The Hall–Kier alpha value is -0.560. The van der Waals surface area contributed by atoms with Crippen LogP contribution in [-0.4, -0.2) is 11.2 Å². The fraction of sp³-hybridized carbons (Fsp3) is 0.867. The molecule has 0 aromatic carbocycles. The van der Waals surface area contributed by atoms with Crippen molar-refractivity contribution in [1.82, 2.24) is 0 Å². The van der Waals surface area contributed by atoms with E-state index in [4.69, 9.17) is 0 Å². The summed E-state index contributed by atoms with van der Waals surface area (Å²) < 4.78 is 0. The van der Waals surface area contributed by atoms with E-state index in [1.54, 1.807) is 5.57 Å². The van der Waals surface area contributed by atoms with Crippen molar-refractivity contribution in [3.63, 3.8) is 0 Å². The molecule has 1 heteroatoms. The molecular weight excluding hydrogens is 376 g/mol. The lowest BCUT2D eigenvalue weighted by molar-refractivity contribution is -0.0781. The molecule has 0 radical (unpaired) electrons. The van der Waals surface area contributed by atoms with Crippen molar-refractivity contribution in [1.29, 1.82) is 0 Å². The molecule has 3 fully saturated rings. The highest BCUT2D eigenvalue weighted by atomic mass is 16.3. The Labute approximate surface area is 193 Å². The van der Waals surface area contributed by atoms with Crippen molar-refractivity contribution < 1.29 is 5.11 Å². The van der Waals surface area contributed by atoms with Gasteiger partial charge in [-0.25, -0.2) is 0 Å². The van der Waals surface area contributed by atoms with Crippen molar-refractivity contribution in [2.45, 2.75) is 119 Å². The number of fused-ring (bicyclic) bond motifs is 5. The highest BCUT2D eigenvalue weighted by Gasteiger charge is 2.61. The second kappa shape index (κ2) is 8.34. The first-order valence-electron chi connectivity index (χ1n) is 13.5. The topological polar surface area (TPSA) is 20.2 Å². The van der Waals surface area contributed by atoms with Crippen molar-refractivity contribution in [2.24, 2.45) is 45.8 Å². The van der Waals surface area contributed by atoms with Crippen molar-refractivity contribution in [2.75, 3.05) is 0 Å². The van der Waals surface area contributed by atoms with Crippen LogP contribution in [0.3, 0.4) is 0 Å². The molecule has 0 saturated heterocycles. The van der Waals surface area contributed by atoms with Crippen LogP contribution >= 0.6 is 0 Å². The van der Waals surface area contributed by atoms with Gasteiger partial charge in [-0.05, 0) is 112 Å². The fourth-order valence-corrected chi connectivity index (χ4v) is 9.40. The molecule has 3 saturated carbocycles. The summed E-state index contributed by atoms with van der Waals surface area (Å²) in [6, 6.07) is 0. The van der Waals surface area contributed by atoms with Gasteiger partial charge >= 0.3 is 0 Å². The molecule has 0 spiro atoms. The summed E-state index contributed by atoms with van der Waals surface area (Å²) in [5.41, 5.74) is 3.90. The van der Waals surface area contributed by atoms with Crippen molar-refractivity contribution in [3.8, 4) is 0 Å². The van der Waals surface area contributed by atoms with E-state index >= 15 is 0 Å². The van der Waals surface area contributed by atoms with Gasteiger partial charge < -0.3 is 5.11 Å². The van der Waals surface area contributed by atoms with Gasteiger partial charge in [0.2, 0.25) is 0 Å². The number of hydrogen-bond acceptors (Lipinski definition) is 1. The molecule has 176 valence electrons. The number of rotatable bonds is 5. The molecule has 1 N–H and O–H groups in total. The van der Waals surface area contributed by atoms with E-state index in [0.29, 0.717) is 10.8 Å². The minimum Gasteiger partial charge on any atom is -0.392 e. The zero-order valence-electron chi connectivity index (χ0n) is 21.6. The molecule has 0 bridgehead atoms. The summed E-state index contributed by atoms with van der Waals surface area (Å²) in [5.74, 6) is 4.42. The van der Waals surface area contributed by atoms with Crippen molar-refractivity contribution in [3.05, 3.63) is 23.3 Å². The average molecular weight is 427 g/mol. The first kappa shape index (κ1) is 23.6. The molecule has 4 aliphatic rings. The lowest BCUT2D eigenvalue weighted by Crippen LogP contribution is -2.54. The van der Waals surface area contributed by atoms with Crippen LogP contribution in [0.15, 0.2) is 23.3 Å². The predicted molar refractivity (Wildman–Crippen MR) is 133 cm³/mol. The van der Waals surface area contributed by atoms with E-state index in [-0.39, 0.29) is 11.5 Å². The standard InChI is InChI=1S/C30H50O/c1-20(2)10-8-9-11-21(3)23-13-14-24-22-12-15-26-28(4,5)27(31)17-19-30(26,7)25(22)16-18-29(23,24)6/h10,15,21-25,27,31H,8-9,11-14,16-19H2,1-7H3. The van der Waals surface area contributed by atoms with E-state index in [9.17, 15) is 5.11 Å². The molecule has 31 heavy (non-hydrogen) atoms. The molecule has 8 unspecified atom stereocenters. The van der Waals surface area contributed by atoms with Gasteiger partial charge in [-0.1, -0.05) is 64.3 Å². The zero-order valence-corrected chi connectivity index (χ0v) is 21.6. The molecule has 0 aliphatic heterocycles. The Kier molecular flexibility index (Phi) is 6.35. The summed E-state index contributed by atoms with van der Waals surface area (Å²) >= 11 is 0. The minimum absolute atomic E-state index is 0.0449. The Morgan fingerprint density at radius 1 is 1.06 bits per heavy atom. The molecule has 0 aromatic heterocycles. The average Bonchev–Trinajstić information content (AvgIpc) is 3.05. The quantitative estimate of drug-likeness (QED) is 0.346. The maximum atomic E-state index is 10.7. The van der Waals surface area contributed by atoms with E-state index in [0.717, 1.165) is 36.0 Å². The van der Waals surface area contributed by atoms with Gasteiger partial charge in [-0.15, -0.1) is 0 Å². The first-order valence-corrected chi connectivity index (χ1v) is 13.5. The second-order valence-corrected chi connectivity index (χ2v) is 13.3. The van der Waals surface area contributed by atoms with E-state index in [2.05, 4.69) is 60.6 Å². The number of unbranched alkanes of at least 4 members (excludes halogenated alkanes) is 1.